The summed E-state index contributed by atoms with van der Waals surface area (Å²) >= 11 is 0. The first-order valence-corrected chi connectivity index (χ1v) is 9.16. The lowest BCUT2D eigenvalue weighted by atomic mass is 9.72. The van der Waals surface area contributed by atoms with E-state index < -0.39 is 0 Å². The van der Waals surface area contributed by atoms with Gasteiger partial charge >= 0.3 is 0 Å². The van der Waals surface area contributed by atoms with Crippen LogP contribution in [0.25, 0.3) is 0 Å². The number of nitrogens with one attached hydrogen (secondary N) is 1. The van der Waals surface area contributed by atoms with E-state index in [0.29, 0.717) is 0 Å². The highest BCUT2D eigenvalue weighted by atomic mass is 15.1. The number of likely N-dealkylation sites (tertiary alicyclic amines) is 1. The van der Waals surface area contributed by atoms with Gasteiger partial charge in [0.05, 0.1) is 0 Å². The number of hydrogen-bond acceptors (Lipinski definition) is 2. The number of nitrogens with zero attached hydrogens (tertiary/aromatic N) is 1. The molecule has 2 rings (SSSR count). The largest absolute Gasteiger partial charge is 0.314 e. The molecule has 0 aromatic heterocycles. The molecule has 1 saturated carbocycles. The monoisotopic (exact) mass is 280 g/mol. The van der Waals surface area contributed by atoms with E-state index >= 15 is 0 Å². The second-order valence-corrected chi connectivity index (χ2v) is 7.49. The van der Waals surface area contributed by atoms with Crippen LogP contribution in [0, 0.1) is 17.8 Å². The van der Waals surface area contributed by atoms with Gasteiger partial charge < -0.3 is 10.2 Å². The molecule has 20 heavy (non-hydrogen) atoms. The van der Waals surface area contributed by atoms with Gasteiger partial charge in [-0.1, -0.05) is 33.6 Å². The fraction of sp³-hybridized carbons (Fsp3) is 1.00. The molecule has 0 spiro atoms. The van der Waals surface area contributed by atoms with Gasteiger partial charge in [-0.25, -0.2) is 0 Å². The van der Waals surface area contributed by atoms with Crippen LogP contribution in [0.2, 0.25) is 0 Å². The molecular weight excluding hydrogens is 244 g/mol. The SMILES string of the molecule is CCCNC1CC(C)CC(C)C1CN1CCCCCC1. The minimum absolute atomic E-state index is 0.761. The molecule has 2 heteroatoms. The molecule has 0 amide bonds. The van der Waals surface area contributed by atoms with Crippen molar-refractivity contribution in [3.05, 3.63) is 0 Å². The van der Waals surface area contributed by atoms with Crippen LogP contribution in [0.3, 0.4) is 0 Å². The minimum Gasteiger partial charge on any atom is -0.314 e. The van der Waals surface area contributed by atoms with E-state index in [1.54, 1.807) is 0 Å². The Hall–Kier alpha value is -0.0800. The van der Waals surface area contributed by atoms with Crippen molar-refractivity contribution in [3.8, 4) is 0 Å². The van der Waals surface area contributed by atoms with Crippen LogP contribution in [0.4, 0.5) is 0 Å². The van der Waals surface area contributed by atoms with Gasteiger partial charge in [0, 0.05) is 12.6 Å². The average Bonchev–Trinajstić information content (AvgIpc) is 2.68. The Kier molecular flexibility index (Phi) is 6.83. The van der Waals surface area contributed by atoms with Crippen molar-refractivity contribution in [2.24, 2.45) is 17.8 Å². The summed E-state index contributed by atoms with van der Waals surface area (Å²) in [6.07, 6.45) is 9.83. The molecule has 2 nitrogen and oxygen atoms in total. The van der Waals surface area contributed by atoms with Gasteiger partial charge in [0.25, 0.3) is 0 Å². The van der Waals surface area contributed by atoms with Crippen LogP contribution in [0.15, 0.2) is 0 Å². The predicted molar refractivity (Wildman–Crippen MR) is 88.0 cm³/mol. The Balaban J connectivity index is 1.92. The zero-order chi connectivity index (χ0) is 14.4. The zero-order valence-electron chi connectivity index (χ0n) is 14.0. The van der Waals surface area contributed by atoms with Crippen LogP contribution in [0.5, 0.6) is 0 Å². The normalized spacial score (nSPS) is 36.8. The van der Waals surface area contributed by atoms with E-state index in [0.717, 1.165) is 23.8 Å². The van der Waals surface area contributed by atoms with Crippen LogP contribution in [0.1, 0.15) is 65.7 Å². The van der Waals surface area contributed by atoms with Crippen LogP contribution < -0.4 is 5.32 Å². The van der Waals surface area contributed by atoms with Crippen LogP contribution in [-0.4, -0.2) is 37.1 Å². The Bertz CT molecular complexity index is 258. The fourth-order valence-corrected chi connectivity index (χ4v) is 4.40. The van der Waals surface area contributed by atoms with E-state index in [1.165, 1.54) is 71.1 Å². The Morgan fingerprint density at radius 1 is 1.00 bits per heavy atom. The standard InChI is InChI=1S/C18H36N2/c1-4-9-19-18-13-15(2)12-16(3)17(18)14-20-10-7-5-6-8-11-20/h15-19H,4-14H2,1-3H3. The van der Waals surface area contributed by atoms with Crippen LogP contribution >= 0.6 is 0 Å². The molecule has 0 aromatic rings. The Morgan fingerprint density at radius 2 is 1.70 bits per heavy atom. The molecule has 1 saturated heterocycles. The van der Waals surface area contributed by atoms with Crippen molar-refractivity contribution >= 4 is 0 Å². The first-order valence-electron chi connectivity index (χ1n) is 9.16. The highest BCUT2D eigenvalue weighted by Crippen LogP contribution is 2.34. The summed E-state index contributed by atoms with van der Waals surface area (Å²) in [5.74, 6) is 2.66. The van der Waals surface area contributed by atoms with Crippen molar-refractivity contribution < 1.29 is 0 Å². The maximum absolute atomic E-state index is 3.86. The van der Waals surface area contributed by atoms with Crippen LogP contribution in [-0.2, 0) is 0 Å². The van der Waals surface area contributed by atoms with E-state index in [9.17, 15) is 0 Å². The molecule has 2 fully saturated rings. The summed E-state index contributed by atoms with van der Waals surface area (Å²) in [5, 5.41) is 3.86. The summed E-state index contributed by atoms with van der Waals surface area (Å²) in [7, 11) is 0. The van der Waals surface area contributed by atoms with E-state index in [2.05, 4.69) is 31.0 Å². The summed E-state index contributed by atoms with van der Waals surface area (Å²) < 4.78 is 0. The molecular formula is C18H36N2. The van der Waals surface area contributed by atoms with E-state index in [4.69, 9.17) is 0 Å². The van der Waals surface area contributed by atoms with Gasteiger partial charge in [-0.3, -0.25) is 0 Å². The topological polar surface area (TPSA) is 15.3 Å². The summed E-state index contributed by atoms with van der Waals surface area (Å²) in [5.41, 5.74) is 0. The summed E-state index contributed by atoms with van der Waals surface area (Å²) in [6.45, 7) is 12.5. The highest BCUT2D eigenvalue weighted by molar-refractivity contribution is 4.89. The smallest absolute Gasteiger partial charge is 0.0113 e. The second kappa shape index (κ2) is 8.38. The molecule has 0 radical (unpaired) electrons. The van der Waals surface area contributed by atoms with Crippen molar-refractivity contribution in [1.29, 1.82) is 0 Å². The molecule has 2 aliphatic rings. The van der Waals surface area contributed by atoms with Crippen molar-refractivity contribution in [2.45, 2.75) is 71.8 Å². The average molecular weight is 280 g/mol. The maximum Gasteiger partial charge on any atom is 0.0113 e. The molecule has 0 bridgehead atoms. The molecule has 1 heterocycles. The van der Waals surface area contributed by atoms with Crippen molar-refractivity contribution in [2.75, 3.05) is 26.2 Å². The molecule has 4 unspecified atom stereocenters. The fourth-order valence-electron chi connectivity index (χ4n) is 4.40. The molecule has 1 N–H and O–H groups in total. The molecule has 0 aromatic carbocycles. The van der Waals surface area contributed by atoms with Gasteiger partial charge in [0.15, 0.2) is 0 Å². The number of rotatable bonds is 5. The van der Waals surface area contributed by atoms with Crippen molar-refractivity contribution in [1.82, 2.24) is 10.2 Å². The third-order valence-electron chi connectivity index (χ3n) is 5.50. The Morgan fingerprint density at radius 3 is 2.35 bits per heavy atom. The van der Waals surface area contributed by atoms with Gasteiger partial charge in [-0.05, 0) is 69.5 Å². The lowest BCUT2D eigenvalue weighted by Gasteiger charge is -2.42. The van der Waals surface area contributed by atoms with Gasteiger partial charge in [-0.2, -0.15) is 0 Å². The first kappa shape index (κ1) is 16.3. The number of hydrogen-bond donors (Lipinski definition) is 1. The molecule has 1 aliphatic heterocycles. The first-order chi connectivity index (χ1) is 9.70. The van der Waals surface area contributed by atoms with Gasteiger partial charge in [0.2, 0.25) is 0 Å². The molecule has 4 atom stereocenters. The van der Waals surface area contributed by atoms with Crippen molar-refractivity contribution in [3.63, 3.8) is 0 Å². The summed E-state index contributed by atoms with van der Waals surface area (Å²) in [6, 6.07) is 0.761. The van der Waals surface area contributed by atoms with Gasteiger partial charge in [0.1, 0.15) is 0 Å². The summed E-state index contributed by atoms with van der Waals surface area (Å²) in [4.78, 5) is 2.77. The minimum atomic E-state index is 0.761. The Labute approximate surface area is 126 Å². The second-order valence-electron chi connectivity index (χ2n) is 7.49. The highest BCUT2D eigenvalue weighted by Gasteiger charge is 2.34. The third kappa shape index (κ3) is 4.73. The van der Waals surface area contributed by atoms with Gasteiger partial charge in [-0.15, -0.1) is 0 Å². The maximum atomic E-state index is 3.86. The molecule has 1 aliphatic carbocycles. The van der Waals surface area contributed by atoms with E-state index in [-0.39, 0.29) is 0 Å². The molecule has 118 valence electrons. The third-order valence-corrected chi connectivity index (χ3v) is 5.50. The lowest BCUT2D eigenvalue weighted by molar-refractivity contribution is 0.102. The lowest BCUT2D eigenvalue weighted by Crippen LogP contribution is -2.49. The predicted octanol–water partition coefficient (Wildman–Crippen LogP) is 3.91. The van der Waals surface area contributed by atoms with E-state index in [1.807, 2.05) is 0 Å². The quantitative estimate of drug-likeness (QED) is 0.821. The zero-order valence-corrected chi connectivity index (χ0v) is 14.0.